The van der Waals surface area contributed by atoms with Gasteiger partial charge in [-0.05, 0) is 15.9 Å². The predicted molar refractivity (Wildman–Crippen MR) is 41.8 cm³/mol. The van der Waals surface area contributed by atoms with E-state index in [1.165, 1.54) is 11.3 Å². The molecule has 0 unspecified atom stereocenters. The summed E-state index contributed by atoms with van der Waals surface area (Å²) in [5, 5.41) is 1.60. The Morgan fingerprint density at radius 1 is 1.36 bits per heavy atom. The largest absolute Gasteiger partial charge is 0.386 e. The molecule has 3 nitrogen and oxygen atoms in total. The Balaban J connectivity index is 2.72. The van der Waals surface area contributed by atoms with Gasteiger partial charge >= 0.3 is 11.9 Å². The molecule has 0 aromatic carbocycles. The number of esters is 2. The summed E-state index contributed by atoms with van der Waals surface area (Å²) in [5.74, 6) is -1.11. The van der Waals surface area contributed by atoms with Crippen molar-refractivity contribution in [3.05, 3.63) is 20.3 Å². The molecule has 11 heavy (non-hydrogen) atoms. The van der Waals surface area contributed by atoms with Crippen LogP contribution in [0.2, 0.25) is 0 Å². The molecule has 0 fully saturated rings. The maximum absolute atomic E-state index is 10.9. The van der Waals surface area contributed by atoms with Gasteiger partial charge in [0.25, 0.3) is 0 Å². The van der Waals surface area contributed by atoms with E-state index in [4.69, 9.17) is 0 Å². The number of carbonyl (C=O) groups is 2. The van der Waals surface area contributed by atoms with E-state index in [1.54, 1.807) is 5.38 Å². The Bertz CT molecular complexity index is 355. The second-order valence-corrected chi connectivity index (χ2v) is 4.17. The van der Waals surface area contributed by atoms with E-state index >= 15 is 0 Å². The van der Waals surface area contributed by atoms with Crippen molar-refractivity contribution in [2.75, 3.05) is 0 Å². The van der Waals surface area contributed by atoms with Crippen LogP contribution in [0, 0.1) is 0 Å². The lowest BCUT2D eigenvalue weighted by Crippen LogP contribution is -1.97. The standard InChI is InChI=1S/C6HBrO3S/c7-4-3-2(1-11-4)5(8)10-6(3)9/h1H. The van der Waals surface area contributed by atoms with Crippen molar-refractivity contribution in [1.82, 2.24) is 0 Å². The molecule has 2 heterocycles. The van der Waals surface area contributed by atoms with Crippen molar-refractivity contribution in [3.8, 4) is 0 Å². The average molecular weight is 233 g/mol. The molecule has 0 radical (unpaired) electrons. The van der Waals surface area contributed by atoms with Crippen LogP contribution in [-0.4, -0.2) is 11.9 Å². The van der Waals surface area contributed by atoms with Crippen LogP contribution in [0.1, 0.15) is 20.7 Å². The molecule has 0 saturated heterocycles. The summed E-state index contributed by atoms with van der Waals surface area (Å²) >= 11 is 4.46. The number of ether oxygens (including phenoxy) is 1. The fraction of sp³-hybridized carbons (Fsp3) is 0. The summed E-state index contributed by atoms with van der Waals surface area (Å²) in [6.45, 7) is 0. The van der Waals surface area contributed by atoms with E-state index in [-0.39, 0.29) is 0 Å². The Kier molecular flexibility index (Phi) is 1.37. The highest BCUT2D eigenvalue weighted by molar-refractivity contribution is 9.11. The van der Waals surface area contributed by atoms with E-state index < -0.39 is 11.9 Å². The van der Waals surface area contributed by atoms with Gasteiger partial charge in [-0.2, -0.15) is 0 Å². The number of hydrogen-bond donors (Lipinski definition) is 0. The van der Waals surface area contributed by atoms with E-state index in [1.807, 2.05) is 0 Å². The Morgan fingerprint density at radius 3 is 2.73 bits per heavy atom. The van der Waals surface area contributed by atoms with Gasteiger partial charge in [0.15, 0.2) is 0 Å². The zero-order chi connectivity index (χ0) is 8.01. The number of carbonyl (C=O) groups excluding carboxylic acids is 2. The predicted octanol–water partition coefficient (Wildman–Crippen LogP) is 1.82. The van der Waals surface area contributed by atoms with Crippen LogP contribution in [0.25, 0.3) is 0 Å². The van der Waals surface area contributed by atoms with Crippen LogP contribution in [0.5, 0.6) is 0 Å². The normalized spacial score (nSPS) is 15.0. The third-order valence-electron chi connectivity index (χ3n) is 1.36. The minimum Gasteiger partial charge on any atom is -0.386 e. The molecule has 0 bridgehead atoms. The van der Waals surface area contributed by atoms with Crippen LogP contribution in [-0.2, 0) is 4.74 Å². The van der Waals surface area contributed by atoms with Crippen LogP contribution < -0.4 is 0 Å². The SMILES string of the molecule is O=C1OC(=O)c2c1csc2Br. The van der Waals surface area contributed by atoms with Gasteiger partial charge in [-0.15, -0.1) is 11.3 Å². The highest BCUT2D eigenvalue weighted by Gasteiger charge is 2.33. The number of hydrogen-bond acceptors (Lipinski definition) is 4. The number of halogens is 1. The van der Waals surface area contributed by atoms with E-state index in [0.717, 1.165) is 0 Å². The molecule has 1 aromatic heterocycles. The molecule has 0 aliphatic carbocycles. The quantitative estimate of drug-likeness (QED) is 0.507. The van der Waals surface area contributed by atoms with Gasteiger partial charge in [0.05, 0.1) is 14.9 Å². The first-order valence-corrected chi connectivity index (χ1v) is 4.41. The van der Waals surface area contributed by atoms with Gasteiger partial charge in [-0.25, -0.2) is 9.59 Å². The first-order chi connectivity index (χ1) is 5.20. The van der Waals surface area contributed by atoms with Crippen molar-refractivity contribution in [2.45, 2.75) is 0 Å². The number of rotatable bonds is 0. The molecular formula is C6HBrO3S. The molecule has 1 aromatic rings. The molecule has 5 heteroatoms. The second kappa shape index (κ2) is 2.15. The summed E-state index contributed by atoms with van der Waals surface area (Å²) < 4.78 is 5.01. The minimum atomic E-state index is -0.557. The summed E-state index contributed by atoms with van der Waals surface area (Å²) in [7, 11) is 0. The van der Waals surface area contributed by atoms with Crippen LogP contribution in [0.4, 0.5) is 0 Å². The highest BCUT2D eigenvalue weighted by Crippen LogP contribution is 2.33. The maximum Gasteiger partial charge on any atom is 0.348 e. The van der Waals surface area contributed by atoms with E-state index in [9.17, 15) is 9.59 Å². The molecular weight excluding hydrogens is 232 g/mol. The molecule has 0 atom stereocenters. The third kappa shape index (κ3) is 0.844. The Labute approximate surface area is 74.1 Å². The molecule has 2 rings (SSSR count). The minimum absolute atomic E-state index is 0.361. The van der Waals surface area contributed by atoms with Crippen molar-refractivity contribution in [3.63, 3.8) is 0 Å². The number of fused-ring (bicyclic) bond motifs is 1. The average Bonchev–Trinajstić information content (AvgIpc) is 2.41. The van der Waals surface area contributed by atoms with Crippen molar-refractivity contribution in [1.29, 1.82) is 0 Å². The second-order valence-electron chi connectivity index (χ2n) is 1.98. The summed E-state index contributed by atoms with van der Waals surface area (Å²) in [6, 6.07) is 0. The van der Waals surface area contributed by atoms with Gasteiger partial charge in [-0.3, -0.25) is 0 Å². The zero-order valence-electron chi connectivity index (χ0n) is 5.09. The van der Waals surface area contributed by atoms with Gasteiger partial charge in [0.1, 0.15) is 0 Å². The molecule has 0 saturated carbocycles. The first-order valence-electron chi connectivity index (χ1n) is 2.73. The van der Waals surface area contributed by atoms with Crippen LogP contribution in [0.3, 0.4) is 0 Å². The summed E-state index contributed by atoms with van der Waals surface area (Å²) in [4.78, 5) is 21.7. The van der Waals surface area contributed by atoms with Gasteiger partial charge < -0.3 is 4.74 Å². The van der Waals surface area contributed by atoms with E-state index in [0.29, 0.717) is 14.9 Å². The molecule has 0 amide bonds. The maximum atomic E-state index is 10.9. The number of cyclic esters (lactones) is 2. The summed E-state index contributed by atoms with van der Waals surface area (Å²) in [6.07, 6.45) is 0. The van der Waals surface area contributed by atoms with Crippen molar-refractivity contribution < 1.29 is 14.3 Å². The molecule has 56 valence electrons. The van der Waals surface area contributed by atoms with Gasteiger partial charge in [-0.1, -0.05) is 0 Å². The molecule has 1 aliphatic heterocycles. The smallest absolute Gasteiger partial charge is 0.348 e. The monoisotopic (exact) mass is 232 g/mol. The lowest BCUT2D eigenvalue weighted by atomic mass is 10.2. The zero-order valence-corrected chi connectivity index (χ0v) is 7.49. The van der Waals surface area contributed by atoms with Crippen LogP contribution >= 0.6 is 27.3 Å². The highest BCUT2D eigenvalue weighted by atomic mass is 79.9. The van der Waals surface area contributed by atoms with Gasteiger partial charge in [0.2, 0.25) is 0 Å². The van der Waals surface area contributed by atoms with Crippen molar-refractivity contribution in [2.24, 2.45) is 0 Å². The fourth-order valence-electron chi connectivity index (χ4n) is 0.865. The fourth-order valence-corrected chi connectivity index (χ4v) is 2.27. The number of thiophene rings is 1. The third-order valence-corrected chi connectivity index (χ3v) is 3.08. The Hall–Kier alpha value is -0.680. The lowest BCUT2D eigenvalue weighted by molar-refractivity contribution is 0.0443. The summed E-state index contributed by atoms with van der Waals surface area (Å²) in [5.41, 5.74) is 0.729. The Morgan fingerprint density at radius 2 is 2.09 bits per heavy atom. The topological polar surface area (TPSA) is 43.4 Å². The molecule has 0 spiro atoms. The van der Waals surface area contributed by atoms with Crippen molar-refractivity contribution >= 4 is 39.2 Å². The molecule has 0 N–H and O–H groups in total. The molecule has 1 aliphatic rings. The van der Waals surface area contributed by atoms with Gasteiger partial charge in [0, 0.05) is 5.38 Å². The van der Waals surface area contributed by atoms with E-state index in [2.05, 4.69) is 20.7 Å². The lowest BCUT2D eigenvalue weighted by Gasteiger charge is -1.85. The first kappa shape index (κ1) is 7.00. The van der Waals surface area contributed by atoms with Crippen LogP contribution in [0.15, 0.2) is 9.17 Å².